The summed E-state index contributed by atoms with van der Waals surface area (Å²) in [6.45, 7) is 2.48. The number of aryl methyl sites for hydroxylation is 1. The Morgan fingerprint density at radius 2 is 1.54 bits per heavy atom. The minimum absolute atomic E-state index is 0. The van der Waals surface area contributed by atoms with Gasteiger partial charge in [0.05, 0.1) is 0 Å². The molecule has 0 unspecified atom stereocenters. The van der Waals surface area contributed by atoms with E-state index >= 15 is 0 Å². The Balaban J connectivity index is 0.00000288. The predicted molar refractivity (Wildman–Crippen MR) is 102 cm³/mol. The van der Waals surface area contributed by atoms with Gasteiger partial charge in [0.1, 0.15) is 5.82 Å². The fraction of sp³-hybridized carbons (Fsp3) is 0.235. The molecular formula is C17H20F2IN3O. The molecule has 0 aliphatic rings. The molecular weight excluding hydrogens is 427 g/mol. The van der Waals surface area contributed by atoms with E-state index in [1.165, 1.54) is 18.2 Å². The van der Waals surface area contributed by atoms with Gasteiger partial charge in [-0.25, -0.2) is 8.78 Å². The lowest BCUT2D eigenvalue weighted by Crippen LogP contribution is -2.36. The summed E-state index contributed by atoms with van der Waals surface area (Å²) in [5.41, 5.74) is 2.07. The van der Waals surface area contributed by atoms with Crippen molar-refractivity contribution in [3.8, 4) is 5.75 Å². The lowest BCUT2D eigenvalue weighted by Gasteiger charge is -2.12. The van der Waals surface area contributed by atoms with E-state index in [0.29, 0.717) is 30.2 Å². The van der Waals surface area contributed by atoms with E-state index in [-0.39, 0.29) is 35.5 Å². The highest BCUT2D eigenvalue weighted by atomic mass is 127. The van der Waals surface area contributed by atoms with E-state index < -0.39 is 5.82 Å². The number of aliphatic imine (C=N–C) groups is 1. The number of nitrogens with zero attached hydrogens (tertiary/aromatic N) is 1. The number of nitrogens with one attached hydrogen (secondary N) is 2. The number of hydrogen-bond donors (Lipinski definition) is 3. The molecule has 0 heterocycles. The van der Waals surface area contributed by atoms with E-state index in [4.69, 9.17) is 5.11 Å². The molecule has 0 aliphatic heterocycles. The zero-order valence-electron chi connectivity index (χ0n) is 13.4. The third-order valence-electron chi connectivity index (χ3n) is 3.39. The molecule has 0 fully saturated rings. The summed E-state index contributed by atoms with van der Waals surface area (Å²) >= 11 is 0. The number of rotatable bonds is 4. The summed E-state index contributed by atoms with van der Waals surface area (Å²) in [4.78, 5) is 4.06. The number of aromatic hydroxyl groups is 1. The largest absolute Gasteiger partial charge is 0.505 e. The van der Waals surface area contributed by atoms with Crippen LogP contribution in [-0.2, 0) is 13.1 Å². The van der Waals surface area contributed by atoms with Crippen LogP contribution in [-0.4, -0.2) is 18.1 Å². The van der Waals surface area contributed by atoms with Crippen LogP contribution in [0.1, 0.15) is 16.7 Å². The lowest BCUT2D eigenvalue weighted by molar-refractivity contribution is 0.431. The van der Waals surface area contributed by atoms with Gasteiger partial charge >= 0.3 is 0 Å². The summed E-state index contributed by atoms with van der Waals surface area (Å²) in [6, 6.07) is 9.22. The van der Waals surface area contributed by atoms with Crippen molar-refractivity contribution in [2.75, 3.05) is 7.05 Å². The van der Waals surface area contributed by atoms with E-state index in [2.05, 4.69) is 15.6 Å². The Morgan fingerprint density at radius 3 is 2.04 bits per heavy atom. The first-order valence-corrected chi connectivity index (χ1v) is 7.16. The highest BCUT2D eigenvalue weighted by Crippen LogP contribution is 2.15. The average Bonchev–Trinajstić information content (AvgIpc) is 2.54. The standard InChI is InChI=1S/C17H19F2N3O.HI/c1-11-3-4-12(7-14(11)18)9-21-17(20-2)22-10-13-5-6-16(23)15(19)8-13;/h3-8,23H,9-10H2,1-2H3,(H2,20,21,22);1H. The summed E-state index contributed by atoms with van der Waals surface area (Å²) in [5.74, 6) is -0.772. The van der Waals surface area contributed by atoms with E-state index in [9.17, 15) is 8.78 Å². The van der Waals surface area contributed by atoms with E-state index in [1.807, 2.05) is 6.07 Å². The number of halogens is 3. The Hall–Kier alpha value is -1.90. The summed E-state index contributed by atoms with van der Waals surface area (Å²) < 4.78 is 26.8. The number of guanidine groups is 1. The van der Waals surface area contributed by atoms with Crippen molar-refractivity contribution in [3.05, 3.63) is 64.7 Å². The highest BCUT2D eigenvalue weighted by Gasteiger charge is 2.04. The molecule has 0 bridgehead atoms. The van der Waals surface area contributed by atoms with Crippen LogP contribution < -0.4 is 10.6 Å². The van der Waals surface area contributed by atoms with Crippen LogP contribution in [0.3, 0.4) is 0 Å². The molecule has 0 aromatic heterocycles. The maximum Gasteiger partial charge on any atom is 0.191 e. The van der Waals surface area contributed by atoms with Gasteiger partial charge in [0.15, 0.2) is 17.5 Å². The fourth-order valence-electron chi connectivity index (χ4n) is 2.00. The molecule has 3 N–H and O–H groups in total. The number of benzene rings is 2. The first-order valence-electron chi connectivity index (χ1n) is 7.16. The monoisotopic (exact) mass is 447 g/mol. The topological polar surface area (TPSA) is 56.7 Å². The van der Waals surface area contributed by atoms with Gasteiger partial charge in [-0.1, -0.05) is 18.2 Å². The van der Waals surface area contributed by atoms with Crippen molar-refractivity contribution in [1.29, 1.82) is 0 Å². The first-order chi connectivity index (χ1) is 11.0. The van der Waals surface area contributed by atoms with E-state index in [1.54, 1.807) is 26.1 Å². The number of phenolic OH excluding ortho intramolecular Hbond substituents is 1. The molecule has 7 heteroatoms. The maximum absolute atomic E-state index is 13.5. The van der Waals surface area contributed by atoms with Gasteiger partial charge in [-0.3, -0.25) is 4.99 Å². The molecule has 0 spiro atoms. The fourth-order valence-corrected chi connectivity index (χ4v) is 2.00. The molecule has 0 amide bonds. The van der Waals surface area contributed by atoms with Crippen LogP contribution >= 0.6 is 24.0 Å². The second-order valence-electron chi connectivity index (χ2n) is 5.15. The molecule has 0 saturated heterocycles. The van der Waals surface area contributed by atoms with Gasteiger partial charge in [0.2, 0.25) is 0 Å². The smallest absolute Gasteiger partial charge is 0.191 e. The molecule has 24 heavy (non-hydrogen) atoms. The Labute approximate surface area is 157 Å². The zero-order valence-corrected chi connectivity index (χ0v) is 15.8. The Kier molecular flexibility index (Phi) is 7.90. The Bertz CT molecular complexity index is 665. The maximum atomic E-state index is 13.5. The van der Waals surface area contributed by atoms with Crippen molar-refractivity contribution in [2.45, 2.75) is 20.0 Å². The molecule has 0 atom stereocenters. The Morgan fingerprint density at radius 1 is 1.00 bits per heavy atom. The quantitative estimate of drug-likeness (QED) is 0.383. The molecule has 2 aromatic rings. The molecule has 2 aromatic carbocycles. The number of hydrogen-bond acceptors (Lipinski definition) is 2. The molecule has 0 radical (unpaired) electrons. The van der Waals surface area contributed by atoms with Crippen LogP contribution in [0.15, 0.2) is 41.4 Å². The summed E-state index contributed by atoms with van der Waals surface area (Å²) in [6.07, 6.45) is 0. The predicted octanol–water partition coefficient (Wildman–Crippen LogP) is 3.46. The van der Waals surface area contributed by atoms with Gasteiger partial charge in [-0.05, 0) is 41.8 Å². The van der Waals surface area contributed by atoms with Crippen molar-refractivity contribution in [3.63, 3.8) is 0 Å². The lowest BCUT2D eigenvalue weighted by atomic mass is 10.1. The van der Waals surface area contributed by atoms with Crippen molar-refractivity contribution in [2.24, 2.45) is 4.99 Å². The number of phenols is 1. The molecule has 0 saturated carbocycles. The van der Waals surface area contributed by atoms with E-state index in [0.717, 1.165) is 5.56 Å². The molecule has 2 rings (SSSR count). The van der Waals surface area contributed by atoms with Crippen LogP contribution in [0.2, 0.25) is 0 Å². The van der Waals surface area contributed by atoms with Crippen LogP contribution in [0, 0.1) is 18.6 Å². The minimum Gasteiger partial charge on any atom is -0.505 e. The van der Waals surface area contributed by atoms with Crippen LogP contribution in [0.4, 0.5) is 8.78 Å². The third-order valence-corrected chi connectivity index (χ3v) is 3.39. The van der Waals surface area contributed by atoms with Gasteiger partial charge in [-0.2, -0.15) is 0 Å². The van der Waals surface area contributed by atoms with Crippen molar-refractivity contribution in [1.82, 2.24) is 10.6 Å². The highest BCUT2D eigenvalue weighted by molar-refractivity contribution is 14.0. The SMILES string of the molecule is CN=C(NCc1ccc(C)c(F)c1)NCc1ccc(O)c(F)c1.I. The summed E-state index contributed by atoms with van der Waals surface area (Å²) in [5, 5.41) is 15.2. The first kappa shape index (κ1) is 20.1. The van der Waals surface area contributed by atoms with Gasteiger partial charge in [-0.15, -0.1) is 24.0 Å². The zero-order chi connectivity index (χ0) is 16.8. The van der Waals surface area contributed by atoms with Gasteiger partial charge < -0.3 is 15.7 Å². The normalized spacial score (nSPS) is 10.9. The minimum atomic E-state index is -0.664. The second-order valence-corrected chi connectivity index (χ2v) is 5.15. The third kappa shape index (κ3) is 5.63. The average molecular weight is 447 g/mol. The summed E-state index contributed by atoms with van der Waals surface area (Å²) in [7, 11) is 1.61. The van der Waals surface area contributed by atoms with Crippen LogP contribution in [0.25, 0.3) is 0 Å². The second kappa shape index (κ2) is 9.41. The molecule has 130 valence electrons. The van der Waals surface area contributed by atoms with Gasteiger partial charge in [0, 0.05) is 20.1 Å². The van der Waals surface area contributed by atoms with Crippen LogP contribution in [0.5, 0.6) is 5.75 Å². The van der Waals surface area contributed by atoms with Crippen molar-refractivity contribution >= 4 is 29.9 Å². The molecule has 0 aliphatic carbocycles. The van der Waals surface area contributed by atoms with Gasteiger partial charge in [0.25, 0.3) is 0 Å². The van der Waals surface area contributed by atoms with Crippen molar-refractivity contribution < 1.29 is 13.9 Å². The molecule has 4 nitrogen and oxygen atoms in total.